The van der Waals surface area contributed by atoms with E-state index in [0.717, 1.165) is 34.4 Å². The monoisotopic (exact) mass is 292 g/mol. The van der Waals surface area contributed by atoms with E-state index in [1.165, 1.54) is 0 Å². The van der Waals surface area contributed by atoms with Gasteiger partial charge in [-0.25, -0.2) is 4.63 Å². The molecular weight excluding hydrogens is 276 g/mol. The van der Waals surface area contributed by atoms with Gasteiger partial charge in [-0.3, -0.25) is 4.79 Å². The minimum Gasteiger partial charge on any atom is -0.349 e. The van der Waals surface area contributed by atoms with Crippen LogP contribution in [0.25, 0.3) is 0 Å². The highest BCUT2D eigenvalue weighted by Gasteiger charge is 2.25. The number of carbonyl (C=O) groups excluding carboxylic acids is 1. The molecule has 1 amide bonds. The lowest BCUT2D eigenvalue weighted by atomic mass is 10.2. The zero-order valence-corrected chi connectivity index (χ0v) is 12.3. The van der Waals surface area contributed by atoms with Gasteiger partial charge in [0.15, 0.2) is 5.82 Å². The van der Waals surface area contributed by atoms with Crippen LogP contribution in [0.3, 0.4) is 0 Å². The SMILES string of the molecule is Cc1ccc(C(=O)N2CCN(c3nonc3C)CC2)s1. The summed E-state index contributed by atoms with van der Waals surface area (Å²) in [5, 5.41) is 7.70. The smallest absolute Gasteiger partial charge is 0.264 e. The van der Waals surface area contributed by atoms with Crippen LogP contribution in [-0.2, 0) is 0 Å². The Balaban J connectivity index is 1.64. The van der Waals surface area contributed by atoms with Gasteiger partial charge >= 0.3 is 0 Å². The summed E-state index contributed by atoms with van der Waals surface area (Å²) in [7, 11) is 0. The first-order chi connectivity index (χ1) is 9.65. The van der Waals surface area contributed by atoms with Crippen molar-refractivity contribution in [1.82, 2.24) is 15.2 Å². The minimum atomic E-state index is 0.123. The van der Waals surface area contributed by atoms with Crippen LogP contribution in [0.4, 0.5) is 5.82 Å². The molecule has 0 atom stereocenters. The molecule has 7 heteroatoms. The molecule has 0 spiro atoms. The molecule has 0 saturated carbocycles. The maximum Gasteiger partial charge on any atom is 0.264 e. The molecule has 0 N–H and O–H groups in total. The molecule has 106 valence electrons. The van der Waals surface area contributed by atoms with Crippen molar-refractivity contribution in [2.45, 2.75) is 13.8 Å². The van der Waals surface area contributed by atoms with Crippen molar-refractivity contribution in [2.75, 3.05) is 31.1 Å². The molecule has 20 heavy (non-hydrogen) atoms. The Morgan fingerprint density at radius 1 is 1.20 bits per heavy atom. The topological polar surface area (TPSA) is 62.5 Å². The van der Waals surface area contributed by atoms with E-state index in [4.69, 9.17) is 4.63 Å². The summed E-state index contributed by atoms with van der Waals surface area (Å²) in [5.74, 6) is 0.904. The van der Waals surface area contributed by atoms with Crippen LogP contribution in [0.15, 0.2) is 16.8 Å². The van der Waals surface area contributed by atoms with Crippen LogP contribution in [0.2, 0.25) is 0 Å². The van der Waals surface area contributed by atoms with E-state index >= 15 is 0 Å². The lowest BCUT2D eigenvalue weighted by Gasteiger charge is -2.34. The molecule has 0 aromatic carbocycles. The Labute approximate surface area is 120 Å². The highest BCUT2D eigenvalue weighted by atomic mass is 32.1. The molecule has 0 radical (unpaired) electrons. The number of hydrogen-bond donors (Lipinski definition) is 0. The van der Waals surface area contributed by atoms with E-state index in [-0.39, 0.29) is 5.91 Å². The zero-order chi connectivity index (χ0) is 14.1. The van der Waals surface area contributed by atoms with Crippen LogP contribution < -0.4 is 4.90 Å². The number of rotatable bonds is 2. The number of hydrogen-bond acceptors (Lipinski definition) is 6. The van der Waals surface area contributed by atoms with Gasteiger partial charge in [0.05, 0.1) is 4.88 Å². The van der Waals surface area contributed by atoms with E-state index in [0.29, 0.717) is 13.1 Å². The van der Waals surface area contributed by atoms with Crippen molar-refractivity contribution in [1.29, 1.82) is 0 Å². The quantitative estimate of drug-likeness (QED) is 0.843. The predicted molar refractivity (Wildman–Crippen MR) is 76.2 cm³/mol. The fourth-order valence-corrected chi connectivity index (χ4v) is 3.18. The van der Waals surface area contributed by atoms with E-state index in [2.05, 4.69) is 15.2 Å². The van der Waals surface area contributed by atoms with E-state index in [1.54, 1.807) is 11.3 Å². The third kappa shape index (κ3) is 2.40. The third-order valence-electron chi connectivity index (χ3n) is 3.45. The van der Waals surface area contributed by atoms with Gasteiger partial charge in [0.1, 0.15) is 5.69 Å². The molecule has 1 aliphatic rings. The number of carbonyl (C=O) groups is 1. The highest BCUT2D eigenvalue weighted by molar-refractivity contribution is 7.13. The van der Waals surface area contributed by atoms with Gasteiger partial charge < -0.3 is 9.80 Å². The molecule has 3 heterocycles. The second-order valence-corrected chi connectivity index (χ2v) is 6.15. The van der Waals surface area contributed by atoms with Crippen LogP contribution in [0, 0.1) is 13.8 Å². The second-order valence-electron chi connectivity index (χ2n) is 4.86. The summed E-state index contributed by atoms with van der Waals surface area (Å²) in [6.45, 7) is 6.79. The average Bonchev–Trinajstić information content (AvgIpc) is 3.07. The van der Waals surface area contributed by atoms with Crippen LogP contribution in [0.5, 0.6) is 0 Å². The lowest BCUT2D eigenvalue weighted by Crippen LogP contribution is -2.49. The summed E-state index contributed by atoms with van der Waals surface area (Å²) in [6.07, 6.45) is 0. The Bertz CT molecular complexity index is 613. The predicted octanol–water partition coefficient (Wildman–Crippen LogP) is 1.71. The molecule has 6 nitrogen and oxygen atoms in total. The summed E-state index contributed by atoms with van der Waals surface area (Å²) in [4.78, 5) is 18.3. The third-order valence-corrected chi connectivity index (χ3v) is 4.43. The number of aromatic nitrogens is 2. The lowest BCUT2D eigenvalue weighted by molar-refractivity contribution is 0.0751. The first-order valence-corrected chi connectivity index (χ1v) is 7.36. The molecule has 1 saturated heterocycles. The van der Waals surface area contributed by atoms with E-state index in [9.17, 15) is 4.79 Å². The minimum absolute atomic E-state index is 0.123. The fourth-order valence-electron chi connectivity index (χ4n) is 2.34. The van der Waals surface area contributed by atoms with Crippen LogP contribution >= 0.6 is 11.3 Å². The number of piperazine rings is 1. The molecule has 1 aliphatic heterocycles. The van der Waals surface area contributed by atoms with Crippen LogP contribution in [-0.4, -0.2) is 47.3 Å². The second kappa shape index (κ2) is 5.24. The molecule has 3 rings (SSSR count). The van der Waals surface area contributed by atoms with Gasteiger partial charge in [-0.1, -0.05) is 5.16 Å². The van der Waals surface area contributed by atoms with Crippen molar-refractivity contribution in [3.8, 4) is 0 Å². The normalized spacial score (nSPS) is 15.7. The fraction of sp³-hybridized carbons (Fsp3) is 0.462. The first kappa shape index (κ1) is 13.1. The highest BCUT2D eigenvalue weighted by Crippen LogP contribution is 2.20. The largest absolute Gasteiger partial charge is 0.349 e. The van der Waals surface area contributed by atoms with Crippen molar-refractivity contribution in [3.05, 3.63) is 27.6 Å². The van der Waals surface area contributed by atoms with Crippen molar-refractivity contribution in [2.24, 2.45) is 0 Å². The molecule has 1 fully saturated rings. The zero-order valence-electron chi connectivity index (χ0n) is 11.5. The first-order valence-electron chi connectivity index (χ1n) is 6.55. The molecule has 2 aromatic rings. The Morgan fingerprint density at radius 2 is 1.95 bits per heavy atom. The van der Waals surface area contributed by atoms with Gasteiger partial charge in [-0.15, -0.1) is 11.3 Å². The maximum atomic E-state index is 12.3. The summed E-state index contributed by atoms with van der Waals surface area (Å²) in [6, 6.07) is 3.89. The molecule has 2 aromatic heterocycles. The number of amides is 1. The Hall–Kier alpha value is -1.89. The number of nitrogens with zero attached hydrogens (tertiary/aromatic N) is 4. The van der Waals surface area contributed by atoms with Crippen LogP contribution in [0.1, 0.15) is 20.2 Å². The summed E-state index contributed by atoms with van der Waals surface area (Å²) < 4.78 is 4.72. The summed E-state index contributed by atoms with van der Waals surface area (Å²) in [5.41, 5.74) is 0.790. The number of anilines is 1. The van der Waals surface area contributed by atoms with Crippen molar-refractivity contribution >= 4 is 23.1 Å². The molecular formula is C13H16N4O2S. The van der Waals surface area contributed by atoms with Gasteiger partial charge in [0.2, 0.25) is 0 Å². The molecule has 0 bridgehead atoms. The molecule has 0 aliphatic carbocycles. The Kier molecular flexibility index (Phi) is 3.43. The van der Waals surface area contributed by atoms with Crippen molar-refractivity contribution in [3.63, 3.8) is 0 Å². The number of aryl methyl sites for hydroxylation is 2. The molecule has 0 unspecified atom stereocenters. The summed E-state index contributed by atoms with van der Waals surface area (Å²) >= 11 is 1.55. The number of thiophene rings is 1. The average molecular weight is 292 g/mol. The van der Waals surface area contributed by atoms with Gasteiger partial charge in [0, 0.05) is 31.1 Å². The van der Waals surface area contributed by atoms with E-state index < -0.39 is 0 Å². The maximum absolute atomic E-state index is 12.3. The van der Waals surface area contributed by atoms with Gasteiger partial charge in [-0.2, -0.15) is 0 Å². The standard InChI is InChI=1S/C13H16N4O2S/c1-9-3-4-11(20-9)13(18)17-7-5-16(6-8-17)12-10(2)14-19-15-12/h3-4H,5-8H2,1-2H3. The van der Waals surface area contributed by atoms with Gasteiger partial charge in [0.25, 0.3) is 5.91 Å². The van der Waals surface area contributed by atoms with E-state index in [1.807, 2.05) is 30.9 Å². The van der Waals surface area contributed by atoms with Crippen molar-refractivity contribution < 1.29 is 9.42 Å². The Morgan fingerprint density at radius 3 is 2.50 bits per heavy atom. The van der Waals surface area contributed by atoms with Gasteiger partial charge in [-0.05, 0) is 31.1 Å².